The molecule has 0 aromatic carbocycles. The Morgan fingerprint density at radius 2 is 0.321 bits per heavy atom. The molecular weight excluding hydrogens is 344 g/mol. The van der Waals surface area contributed by atoms with Crippen LogP contribution in [0.1, 0.15) is 125 Å². The highest BCUT2D eigenvalue weighted by atomic mass is 16.3. The van der Waals surface area contributed by atoms with Crippen molar-refractivity contribution in [3.63, 3.8) is 0 Å². The second-order valence-corrected chi connectivity index (χ2v) is 14.9. The molecule has 0 saturated heterocycles. The zero-order valence-corrected chi connectivity index (χ0v) is 22.9. The molecule has 0 aromatic rings. The first-order valence-corrected chi connectivity index (χ1v) is 10.9. The van der Waals surface area contributed by atoms with E-state index in [4.69, 9.17) is 0 Å². The molecule has 0 radical (unpaired) electrons. The lowest BCUT2D eigenvalue weighted by Crippen LogP contribution is -2.61. The van der Waals surface area contributed by atoms with Crippen LogP contribution in [0, 0.1) is 32.5 Å². The Morgan fingerprint density at radius 1 is 0.250 bits per heavy atom. The van der Waals surface area contributed by atoms with Gasteiger partial charge in [0.25, 0.3) is 0 Å². The van der Waals surface area contributed by atoms with Crippen LogP contribution in [0.3, 0.4) is 0 Å². The Balaban J connectivity index is 0. The van der Waals surface area contributed by atoms with Gasteiger partial charge in [-0.3, -0.25) is 0 Å². The average molecular weight is 401 g/mol. The van der Waals surface area contributed by atoms with Gasteiger partial charge in [-0.2, -0.15) is 0 Å². The van der Waals surface area contributed by atoms with Crippen LogP contribution in [0.4, 0.5) is 0 Å². The number of hydrogen-bond donors (Lipinski definition) is 2. The van der Waals surface area contributed by atoms with Crippen LogP contribution in [-0.4, -0.2) is 21.4 Å². The fourth-order valence-corrected chi connectivity index (χ4v) is 6.75. The maximum atomic E-state index is 11.0. The fraction of sp³-hybridized carbons (Fsp3) is 1.00. The summed E-state index contributed by atoms with van der Waals surface area (Å²) in [5.41, 5.74) is -2.10. The van der Waals surface area contributed by atoms with E-state index in [1.165, 1.54) is 0 Å². The molecule has 172 valence electrons. The molecule has 0 fully saturated rings. The van der Waals surface area contributed by atoms with Crippen LogP contribution in [0.15, 0.2) is 0 Å². The first kappa shape index (κ1) is 30.1. The van der Waals surface area contributed by atoms with E-state index in [1.807, 2.05) is 0 Å². The number of aliphatic hydroxyl groups is 2. The molecule has 0 unspecified atom stereocenters. The zero-order chi connectivity index (χ0) is 24.0. The predicted octanol–water partition coefficient (Wildman–Crippen LogP) is 7.71. The highest BCUT2D eigenvalue weighted by Crippen LogP contribution is 2.54. The molecule has 0 aliphatic heterocycles. The highest BCUT2D eigenvalue weighted by Gasteiger charge is 2.57. The van der Waals surface area contributed by atoms with Crippen molar-refractivity contribution in [1.82, 2.24) is 0 Å². The van der Waals surface area contributed by atoms with Gasteiger partial charge < -0.3 is 10.2 Å². The SMILES string of the molecule is CC(C)(C)C(O)(C(C)(C)C)C(C)(C)C.CC(C)(C)C(O)(C(C)(C)C)C(C)(C)C. The van der Waals surface area contributed by atoms with E-state index in [1.54, 1.807) is 0 Å². The molecule has 0 rings (SSSR count). The average Bonchev–Trinajstić information content (AvgIpc) is 2.29. The Labute approximate surface area is 178 Å². The van der Waals surface area contributed by atoms with Crippen LogP contribution in [0.5, 0.6) is 0 Å². The lowest BCUT2D eigenvalue weighted by Gasteiger charge is -2.57. The summed E-state index contributed by atoms with van der Waals surface area (Å²) < 4.78 is 0. The summed E-state index contributed by atoms with van der Waals surface area (Å²) in [6.07, 6.45) is 0. The van der Waals surface area contributed by atoms with Crippen molar-refractivity contribution in [1.29, 1.82) is 0 Å². The summed E-state index contributed by atoms with van der Waals surface area (Å²) in [4.78, 5) is 0. The van der Waals surface area contributed by atoms with Gasteiger partial charge in [-0.05, 0) is 32.5 Å². The Bertz CT molecular complexity index is 365. The Morgan fingerprint density at radius 3 is 0.321 bits per heavy atom. The lowest BCUT2D eigenvalue weighted by atomic mass is 9.52. The molecule has 0 amide bonds. The van der Waals surface area contributed by atoms with E-state index in [-0.39, 0.29) is 32.5 Å². The quantitative estimate of drug-likeness (QED) is 0.437. The minimum Gasteiger partial charge on any atom is -0.388 e. The molecule has 0 heterocycles. The first-order chi connectivity index (χ1) is 11.5. The van der Waals surface area contributed by atoms with Crippen molar-refractivity contribution in [3.05, 3.63) is 0 Å². The van der Waals surface area contributed by atoms with Gasteiger partial charge in [-0.25, -0.2) is 0 Å². The van der Waals surface area contributed by atoms with Crippen molar-refractivity contribution in [3.8, 4) is 0 Å². The summed E-state index contributed by atoms with van der Waals surface area (Å²) in [6, 6.07) is 0. The van der Waals surface area contributed by atoms with E-state index in [2.05, 4.69) is 125 Å². The van der Waals surface area contributed by atoms with Crippen molar-refractivity contribution < 1.29 is 10.2 Å². The number of hydrogen-bond acceptors (Lipinski definition) is 2. The van der Waals surface area contributed by atoms with Gasteiger partial charge in [-0.15, -0.1) is 0 Å². The van der Waals surface area contributed by atoms with Gasteiger partial charge in [-0.1, -0.05) is 125 Å². The summed E-state index contributed by atoms with van der Waals surface area (Å²) in [6.45, 7) is 38.1. The molecule has 2 N–H and O–H groups in total. The second-order valence-electron chi connectivity index (χ2n) is 14.9. The minimum atomic E-state index is -0.687. The van der Waals surface area contributed by atoms with Gasteiger partial charge in [0.2, 0.25) is 0 Å². The second kappa shape index (κ2) is 7.88. The Kier molecular flexibility index (Phi) is 8.47. The van der Waals surface area contributed by atoms with Gasteiger partial charge in [0, 0.05) is 0 Å². The zero-order valence-electron chi connectivity index (χ0n) is 22.9. The van der Waals surface area contributed by atoms with Crippen LogP contribution < -0.4 is 0 Å². The van der Waals surface area contributed by atoms with Crippen LogP contribution in [-0.2, 0) is 0 Å². The third-order valence-electron chi connectivity index (χ3n) is 6.51. The summed E-state index contributed by atoms with van der Waals surface area (Å²) >= 11 is 0. The molecule has 0 atom stereocenters. The molecular formula is C26H56O2. The normalized spacial score (nSPS) is 15.9. The standard InChI is InChI=1S/2C13H28O/c2*1-10(2,3)13(14,11(4,5)6)12(7,8)9/h2*14H,1-9H3. The minimum absolute atomic E-state index is 0.122. The molecule has 0 bridgehead atoms. The molecule has 0 saturated carbocycles. The molecule has 0 aliphatic carbocycles. The molecule has 2 heteroatoms. The smallest absolute Gasteiger partial charge is 0.0791 e. The first-order valence-electron chi connectivity index (χ1n) is 10.9. The van der Waals surface area contributed by atoms with Crippen molar-refractivity contribution in [2.45, 2.75) is 136 Å². The van der Waals surface area contributed by atoms with Gasteiger partial charge in [0.1, 0.15) is 0 Å². The molecule has 2 nitrogen and oxygen atoms in total. The van der Waals surface area contributed by atoms with E-state index < -0.39 is 11.2 Å². The van der Waals surface area contributed by atoms with E-state index >= 15 is 0 Å². The maximum absolute atomic E-state index is 11.0. The Hall–Kier alpha value is -0.0800. The maximum Gasteiger partial charge on any atom is 0.0791 e. The van der Waals surface area contributed by atoms with Crippen LogP contribution in [0.25, 0.3) is 0 Å². The van der Waals surface area contributed by atoms with Gasteiger partial charge in [0.05, 0.1) is 11.2 Å². The van der Waals surface area contributed by atoms with E-state index in [0.717, 1.165) is 0 Å². The third kappa shape index (κ3) is 5.54. The van der Waals surface area contributed by atoms with Crippen molar-refractivity contribution in [2.24, 2.45) is 32.5 Å². The lowest BCUT2D eigenvalue weighted by molar-refractivity contribution is -0.203. The largest absolute Gasteiger partial charge is 0.388 e. The van der Waals surface area contributed by atoms with Gasteiger partial charge in [0.15, 0.2) is 0 Å². The monoisotopic (exact) mass is 400 g/mol. The van der Waals surface area contributed by atoms with Crippen LogP contribution in [0.2, 0.25) is 0 Å². The molecule has 0 aliphatic rings. The van der Waals surface area contributed by atoms with E-state index in [0.29, 0.717) is 0 Å². The summed E-state index contributed by atoms with van der Waals surface area (Å²) in [5.74, 6) is 0. The van der Waals surface area contributed by atoms with Crippen molar-refractivity contribution >= 4 is 0 Å². The molecule has 0 aromatic heterocycles. The number of rotatable bonds is 0. The highest BCUT2D eigenvalue weighted by molar-refractivity contribution is 5.07. The van der Waals surface area contributed by atoms with E-state index in [9.17, 15) is 10.2 Å². The molecule has 0 spiro atoms. The fourth-order valence-electron chi connectivity index (χ4n) is 6.75. The van der Waals surface area contributed by atoms with Crippen LogP contribution >= 0.6 is 0 Å². The summed E-state index contributed by atoms with van der Waals surface area (Å²) in [7, 11) is 0. The topological polar surface area (TPSA) is 40.5 Å². The molecule has 28 heavy (non-hydrogen) atoms. The van der Waals surface area contributed by atoms with Crippen molar-refractivity contribution in [2.75, 3.05) is 0 Å². The van der Waals surface area contributed by atoms with Gasteiger partial charge >= 0.3 is 0 Å². The predicted molar refractivity (Wildman–Crippen MR) is 127 cm³/mol. The summed E-state index contributed by atoms with van der Waals surface area (Å²) in [5, 5.41) is 22.0. The third-order valence-corrected chi connectivity index (χ3v) is 6.51.